The molecule has 5 heteroatoms. The Morgan fingerprint density at radius 2 is 2.19 bits per heavy atom. The van der Waals surface area contributed by atoms with Crippen LogP contribution in [-0.4, -0.2) is 16.7 Å². The summed E-state index contributed by atoms with van der Waals surface area (Å²) in [7, 11) is 0. The Morgan fingerprint density at radius 3 is 2.94 bits per heavy atom. The van der Waals surface area contributed by atoms with Gasteiger partial charge in [0.25, 0.3) is 0 Å². The van der Waals surface area contributed by atoms with E-state index in [4.69, 9.17) is 10.3 Å². The second kappa shape index (κ2) is 5.27. The van der Waals surface area contributed by atoms with Crippen molar-refractivity contribution in [3.05, 3.63) is 42.0 Å². The molecule has 0 radical (unpaired) electrons. The number of rotatable bonds is 5. The highest BCUT2D eigenvalue weighted by Gasteiger charge is 1.99. The zero-order valence-electron chi connectivity index (χ0n) is 8.89. The molecule has 1 heterocycles. The Hall–Kier alpha value is -1.88. The fourth-order valence-corrected chi connectivity index (χ4v) is 1.42. The van der Waals surface area contributed by atoms with E-state index < -0.39 is 0 Å². The number of nitrogens with zero attached hydrogens (tertiary/aromatic N) is 2. The summed E-state index contributed by atoms with van der Waals surface area (Å²) < 4.78 is 4.88. The number of benzene rings is 1. The third kappa shape index (κ3) is 2.80. The number of hydrogen-bond donors (Lipinski definition) is 2. The largest absolute Gasteiger partial charge is 0.398 e. The molecular formula is C11H14N4O. The molecule has 1 aromatic carbocycles. The second-order valence-electron chi connectivity index (χ2n) is 3.46. The Balaban J connectivity index is 1.74. The second-order valence-corrected chi connectivity index (χ2v) is 3.46. The predicted octanol–water partition coefficient (Wildman–Crippen LogP) is 0.984. The molecule has 0 aliphatic rings. The van der Waals surface area contributed by atoms with E-state index in [9.17, 15) is 0 Å². The molecule has 2 rings (SSSR count). The van der Waals surface area contributed by atoms with Gasteiger partial charge < -0.3 is 15.6 Å². The van der Waals surface area contributed by atoms with Gasteiger partial charge in [-0.25, -0.2) is 0 Å². The van der Waals surface area contributed by atoms with Crippen LogP contribution in [-0.2, 0) is 13.0 Å². The van der Waals surface area contributed by atoms with Crippen molar-refractivity contribution in [3.63, 3.8) is 0 Å². The van der Waals surface area contributed by atoms with Crippen molar-refractivity contribution >= 4 is 5.69 Å². The summed E-state index contributed by atoms with van der Waals surface area (Å²) >= 11 is 0. The van der Waals surface area contributed by atoms with Crippen LogP contribution in [0.25, 0.3) is 0 Å². The molecule has 0 aliphatic heterocycles. The summed E-state index contributed by atoms with van der Waals surface area (Å²) in [5.74, 6) is 0.647. The third-order valence-electron chi connectivity index (χ3n) is 2.29. The Kier molecular flexibility index (Phi) is 3.50. The van der Waals surface area contributed by atoms with Gasteiger partial charge in [0.1, 0.15) is 0 Å². The molecule has 3 N–H and O–H groups in total. The van der Waals surface area contributed by atoms with Gasteiger partial charge in [0.15, 0.2) is 6.33 Å². The molecule has 0 bridgehead atoms. The van der Waals surface area contributed by atoms with Crippen LogP contribution < -0.4 is 11.1 Å². The number of nitrogens with two attached hydrogens (primary N) is 1. The van der Waals surface area contributed by atoms with Crippen molar-refractivity contribution in [2.75, 3.05) is 12.3 Å². The van der Waals surface area contributed by atoms with Gasteiger partial charge in [0.2, 0.25) is 5.89 Å². The standard InChI is InChI=1S/C11H14N4O/c12-10-4-2-1-3-9(10)7-13-6-5-11-14-8-15-16-11/h1-4,8,13H,5-7,12H2. The van der Waals surface area contributed by atoms with Gasteiger partial charge in [-0.05, 0) is 11.6 Å². The summed E-state index contributed by atoms with van der Waals surface area (Å²) in [5, 5.41) is 6.81. The van der Waals surface area contributed by atoms with E-state index in [-0.39, 0.29) is 0 Å². The molecule has 0 aliphatic carbocycles. The smallest absolute Gasteiger partial charge is 0.227 e. The minimum atomic E-state index is 0.647. The zero-order chi connectivity index (χ0) is 11.2. The molecule has 2 aromatic rings. The number of anilines is 1. The normalized spacial score (nSPS) is 10.5. The maximum absolute atomic E-state index is 5.82. The molecule has 0 saturated carbocycles. The summed E-state index contributed by atoms with van der Waals surface area (Å²) in [6, 6.07) is 7.81. The average Bonchev–Trinajstić information content (AvgIpc) is 2.79. The maximum atomic E-state index is 5.82. The van der Waals surface area contributed by atoms with Crippen LogP contribution in [0, 0.1) is 0 Å². The third-order valence-corrected chi connectivity index (χ3v) is 2.29. The summed E-state index contributed by atoms with van der Waals surface area (Å²) in [5.41, 5.74) is 7.73. The monoisotopic (exact) mass is 218 g/mol. The zero-order valence-corrected chi connectivity index (χ0v) is 8.89. The molecule has 0 unspecified atom stereocenters. The summed E-state index contributed by atoms with van der Waals surface area (Å²) in [6.07, 6.45) is 2.14. The van der Waals surface area contributed by atoms with Gasteiger partial charge in [-0.3, -0.25) is 0 Å². The van der Waals surface area contributed by atoms with Gasteiger partial charge in [-0.15, -0.1) is 0 Å². The number of para-hydroxylation sites is 1. The molecule has 5 nitrogen and oxygen atoms in total. The van der Waals surface area contributed by atoms with Crippen molar-refractivity contribution in [3.8, 4) is 0 Å². The molecule has 16 heavy (non-hydrogen) atoms. The lowest BCUT2D eigenvalue weighted by atomic mass is 10.2. The van der Waals surface area contributed by atoms with Crippen LogP contribution in [0.15, 0.2) is 35.1 Å². The van der Waals surface area contributed by atoms with Crippen LogP contribution in [0.4, 0.5) is 5.69 Å². The highest BCUT2D eigenvalue weighted by atomic mass is 16.5. The van der Waals surface area contributed by atoms with Crippen molar-refractivity contribution in [1.29, 1.82) is 0 Å². The number of hydrogen-bond acceptors (Lipinski definition) is 5. The fourth-order valence-electron chi connectivity index (χ4n) is 1.42. The Labute approximate surface area is 93.7 Å². The first-order chi connectivity index (χ1) is 7.86. The van der Waals surface area contributed by atoms with E-state index in [0.717, 1.165) is 30.8 Å². The van der Waals surface area contributed by atoms with Gasteiger partial charge in [0, 0.05) is 25.2 Å². The van der Waals surface area contributed by atoms with Crippen LogP contribution in [0.1, 0.15) is 11.5 Å². The lowest BCUT2D eigenvalue weighted by Crippen LogP contribution is -2.17. The highest BCUT2D eigenvalue weighted by Crippen LogP contribution is 2.09. The lowest BCUT2D eigenvalue weighted by molar-refractivity contribution is 0.375. The SMILES string of the molecule is Nc1ccccc1CNCCc1ncno1. The van der Waals surface area contributed by atoms with Gasteiger partial charge >= 0.3 is 0 Å². The molecule has 0 fully saturated rings. The van der Waals surface area contributed by atoms with E-state index >= 15 is 0 Å². The topological polar surface area (TPSA) is 77.0 Å². The fraction of sp³-hybridized carbons (Fsp3) is 0.273. The first-order valence-corrected chi connectivity index (χ1v) is 5.16. The number of nitrogen functional groups attached to an aromatic ring is 1. The molecule has 0 saturated heterocycles. The molecule has 0 spiro atoms. The van der Waals surface area contributed by atoms with Crippen molar-refractivity contribution in [2.45, 2.75) is 13.0 Å². The van der Waals surface area contributed by atoms with E-state index in [1.165, 1.54) is 6.33 Å². The van der Waals surface area contributed by atoms with Gasteiger partial charge in [0.05, 0.1) is 0 Å². The highest BCUT2D eigenvalue weighted by molar-refractivity contribution is 5.46. The minimum absolute atomic E-state index is 0.647. The predicted molar refractivity (Wildman–Crippen MR) is 60.6 cm³/mol. The van der Waals surface area contributed by atoms with Crippen LogP contribution in [0.5, 0.6) is 0 Å². The van der Waals surface area contributed by atoms with E-state index in [0.29, 0.717) is 5.89 Å². The van der Waals surface area contributed by atoms with Crippen LogP contribution in [0.3, 0.4) is 0 Å². The maximum Gasteiger partial charge on any atom is 0.227 e. The molecule has 0 amide bonds. The van der Waals surface area contributed by atoms with E-state index in [2.05, 4.69) is 15.5 Å². The molecule has 84 valence electrons. The van der Waals surface area contributed by atoms with Gasteiger partial charge in [-0.1, -0.05) is 23.4 Å². The van der Waals surface area contributed by atoms with E-state index in [1.807, 2.05) is 24.3 Å². The molecule has 0 atom stereocenters. The average molecular weight is 218 g/mol. The lowest BCUT2D eigenvalue weighted by Gasteiger charge is -2.05. The summed E-state index contributed by atoms with van der Waals surface area (Å²) in [6.45, 7) is 1.54. The Morgan fingerprint density at radius 1 is 1.31 bits per heavy atom. The summed E-state index contributed by atoms with van der Waals surface area (Å²) in [4.78, 5) is 3.94. The van der Waals surface area contributed by atoms with E-state index in [1.54, 1.807) is 0 Å². The minimum Gasteiger partial charge on any atom is -0.398 e. The first-order valence-electron chi connectivity index (χ1n) is 5.16. The number of aromatic nitrogens is 2. The van der Waals surface area contributed by atoms with Crippen molar-refractivity contribution in [1.82, 2.24) is 15.5 Å². The van der Waals surface area contributed by atoms with Crippen LogP contribution in [0.2, 0.25) is 0 Å². The van der Waals surface area contributed by atoms with Crippen LogP contribution >= 0.6 is 0 Å². The van der Waals surface area contributed by atoms with Crippen molar-refractivity contribution in [2.24, 2.45) is 0 Å². The quantitative estimate of drug-likeness (QED) is 0.578. The first kappa shape index (κ1) is 10.6. The molecular weight excluding hydrogens is 204 g/mol. The molecule has 1 aromatic heterocycles. The van der Waals surface area contributed by atoms with Crippen molar-refractivity contribution < 1.29 is 4.52 Å². The van der Waals surface area contributed by atoms with Gasteiger partial charge in [-0.2, -0.15) is 4.98 Å². The number of nitrogens with one attached hydrogen (secondary N) is 1. The Bertz CT molecular complexity index is 427.